The minimum atomic E-state index is -0.444. The fourth-order valence-electron chi connectivity index (χ4n) is 3.04. The van der Waals surface area contributed by atoms with E-state index in [0.29, 0.717) is 13.1 Å². The molecule has 1 aliphatic heterocycles. The Kier molecular flexibility index (Phi) is 5.54. The third-order valence-electron chi connectivity index (χ3n) is 4.42. The smallest absolute Gasteiger partial charge is 0.256 e. The van der Waals surface area contributed by atoms with Crippen LogP contribution in [0.5, 0.6) is 0 Å². The SMILES string of the molecule is O=C(c1ccccc1F)N1CCCN(CCc2cccnc2)CC1. The molecule has 0 radical (unpaired) electrons. The summed E-state index contributed by atoms with van der Waals surface area (Å²) in [5.74, 6) is -0.651. The van der Waals surface area contributed by atoms with Crippen LogP contribution >= 0.6 is 0 Å². The molecule has 0 bridgehead atoms. The summed E-state index contributed by atoms with van der Waals surface area (Å²) >= 11 is 0. The summed E-state index contributed by atoms with van der Waals surface area (Å²) in [6.45, 7) is 4.05. The summed E-state index contributed by atoms with van der Waals surface area (Å²) in [5, 5.41) is 0. The normalized spacial score (nSPS) is 16.0. The van der Waals surface area contributed by atoms with Gasteiger partial charge in [-0.2, -0.15) is 0 Å². The Labute approximate surface area is 141 Å². The van der Waals surface area contributed by atoms with Gasteiger partial charge in [-0.25, -0.2) is 4.39 Å². The van der Waals surface area contributed by atoms with Crippen LogP contribution in [0.25, 0.3) is 0 Å². The van der Waals surface area contributed by atoms with Crippen molar-refractivity contribution in [2.45, 2.75) is 12.8 Å². The van der Waals surface area contributed by atoms with Gasteiger partial charge in [-0.15, -0.1) is 0 Å². The lowest BCUT2D eigenvalue weighted by Gasteiger charge is -2.22. The van der Waals surface area contributed by atoms with Crippen molar-refractivity contribution in [2.75, 3.05) is 32.7 Å². The molecule has 24 heavy (non-hydrogen) atoms. The highest BCUT2D eigenvalue weighted by molar-refractivity contribution is 5.94. The van der Waals surface area contributed by atoms with E-state index in [9.17, 15) is 9.18 Å². The highest BCUT2D eigenvalue weighted by atomic mass is 19.1. The van der Waals surface area contributed by atoms with Gasteiger partial charge >= 0.3 is 0 Å². The largest absolute Gasteiger partial charge is 0.337 e. The molecule has 0 N–H and O–H groups in total. The number of hydrogen-bond donors (Lipinski definition) is 0. The van der Waals surface area contributed by atoms with Crippen molar-refractivity contribution in [1.82, 2.24) is 14.8 Å². The lowest BCUT2D eigenvalue weighted by atomic mass is 10.2. The Morgan fingerprint density at radius 1 is 1.08 bits per heavy atom. The number of halogens is 1. The zero-order valence-corrected chi connectivity index (χ0v) is 13.7. The first-order chi connectivity index (χ1) is 11.7. The third-order valence-corrected chi connectivity index (χ3v) is 4.42. The molecule has 4 nitrogen and oxygen atoms in total. The first kappa shape index (κ1) is 16.6. The maximum Gasteiger partial charge on any atom is 0.256 e. The Morgan fingerprint density at radius 3 is 2.75 bits per heavy atom. The van der Waals surface area contributed by atoms with Gasteiger partial charge in [0, 0.05) is 38.6 Å². The Balaban J connectivity index is 1.55. The molecule has 1 fully saturated rings. The molecule has 1 aromatic heterocycles. The summed E-state index contributed by atoms with van der Waals surface area (Å²) in [4.78, 5) is 20.8. The zero-order chi connectivity index (χ0) is 16.8. The van der Waals surface area contributed by atoms with Crippen molar-refractivity contribution in [3.63, 3.8) is 0 Å². The molecule has 1 amide bonds. The molecule has 2 aromatic rings. The first-order valence-corrected chi connectivity index (χ1v) is 8.39. The van der Waals surface area contributed by atoms with Gasteiger partial charge in [-0.05, 0) is 43.1 Å². The van der Waals surface area contributed by atoms with Crippen molar-refractivity contribution in [1.29, 1.82) is 0 Å². The van der Waals surface area contributed by atoms with Crippen molar-refractivity contribution >= 4 is 5.91 Å². The summed E-state index contributed by atoms with van der Waals surface area (Å²) in [5.41, 5.74) is 1.39. The van der Waals surface area contributed by atoms with E-state index in [0.717, 1.165) is 32.5 Å². The minimum Gasteiger partial charge on any atom is -0.337 e. The van der Waals surface area contributed by atoms with E-state index in [-0.39, 0.29) is 11.5 Å². The van der Waals surface area contributed by atoms with Gasteiger partial charge < -0.3 is 9.80 Å². The number of carbonyl (C=O) groups excluding carboxylic acids is 1. The van der Waals surface area contributed by atoms with Crippen LogP contribution in [-0.4, -0.2) is 53.4 Å². The molecule has 0 unspecified atom stereocenters. The van der Waals surface area contributed by atoms with E-state index in [1.807, 2.05) is 12.3 Å². The highest BCUT2D eigenvalue weighted by Crippen LogP contribution is 2.13. The second kappa shape index (κ2) is 8.02. The fourth-order valence-corrected chi connectivity index (χ4v) is 3.04. The van der Waals surface area contributed by atoms with E-state index >= 15 is 0 Å². The number of hydrogen-bond acceptors (Lipinski definition) is 3. The number of pyridine rings is 1. The van der Waals surface area contributed by atoms with Crippen LogP contribution in [0.15, 0.2) is 48.8 Å². The van der Waals surface area contributed by atoms with Crippen molar-refractivity contribution < 1.29 is 9.18 Å². The third kappa shape index (κ3) is 4.17. The van der Waals surface area contributed by atoms with Crippen LogP contribution in [0, 0.1) is 5.82 Å². The van der Waals surface area contributed by atoms with Gasteiger partial charge in [0.25, 0.3) is 5.91 Å². The molecule has 1 aromatic carbocycles. The van der Waals surface area contributed by atoms with Crippen molar-refractivity contribution in [3.8, 4) is 0 Å². The summed E-state index contributed by atoms with van der Waals surface area (Å²) in [6.07, 6.45) is 5.54. The van der Waals surface area contributed by atoms with Crippen LogP contribution in [0.1, 0.15) is 22.3 Å². The van der Waals surface area contributed by atoms with Gasteiger partial charge in [0.2, 0.25) is 0 Å². The molecule has 0 spiro atoms. The lowest BCUT2D eigenvalue weighted by molar-refractivity contribution is 0.0757. The van der Waals surface area contributed by atoms with Crippen LogP contribution in [-0.2, 0) is 6.42 Å². The number of nitrogens with zero attached hydrogens (tertiary/aromatic N) is 3. The van der Waals surface area contributed by atoms with Crippen molar-refractivity contribution in [2.24, 2.45) is 0 Å². The molecule has 5 heteroatoms. The van der Waals surface area contributed by atoms with Gasteiger partial charge in [-0.1, -0.05) is 18.2 Å². The number of amides is 1. The monoisotopic (exact) mass is 327 g/mol. The molecular formula is C19H22FN3O. The topological polar surface area (TPSA) is 36.4 Å². The molecule has 2 heterocycles. The van der Waals surface area contributed by atoms with Gasteiger partial charge in [0.05, 0.1) is 5.56 Å². The fraction of sp³-hybridized carbons (Fsp3) is 0.368. The van der Waals surface area contributed by atoms with E-state index < -0.39 is 5.82 Å². The van der Waals surface area contributed by atoms with Crippen LogP contribution in [0.2, 0.25) is 0 Å². The first-order valence-electron chi connectivity index (χ1n) is 8.39. The lowest BCUT2D eigenvalue weighted by Crippen LogP contribution is -2.36. The van der Waals surface area contributed by atoms with E-state index in [4.69, 9.17) is 0 Å². The summed E-state index contributed by atoms with van der Waals surface area (Å²) in [6, 6.07) is 10.2. The zero-order valence-electron chi connectivity index (χ0n) is 13.7. The number of aromatic nitrogens is 1. The van der Waals surface area contributed by atoms with E-state index in [1.54, 1.807) is 29.3 Å². The molecule has 0 atom stereocenters. The quantitative estimate of drug-likeness (QED) is 0.866. The second-order valence-corrected chi connectivity index (χ2v) is 6.08. The Bertz CT molecular complexity index is 677. The molecular weight excluding hydrogens is 305 g/mol. The van der Waals surface area contributed by atoms with Crippen LogP contribution in [0.4, 0.5) is 4.39 Å². The van der Waals surface area contributed by atoms with Crippen LogP contribution in [0.3, 0.4) is 0 Å². The molecule has 3 rings (SSSR count). The highest BCUT2D eigenvalue weighted by Gasteiger charge is 2.22. The average Bonchev–Trinajstić information content (AvgIpc) is 2.86. The predicted octanol–water partition coefficient (Wildman–Crippen LogP) is 2.61. The Hall–Kier alpha value is -2.27. The second-order valence-electron chi connectivity index (χ2n) is 6.08. The molecule has 0 saturated carbocycles. The minimum absolute atomic E-state index is 0.168. The van der Waals surface area contributed by atoms with Gasteiger partial charge in [0.1, 0.15) is 5.82 Å². The number of rotatable bonds is 4. The Morgan fingerprint density at radius 2 is 1.96 bits per heavy atom. The summed E-state index contributed by atoms with van der Waals surface area (Å²) < 4.78 is 13.8. The molecule has 126 valence electrons. The van der Waals surface area contributed by atoms with Gasteiger partial charge in [-0.3, -0.25) is 9.78 Å². The molecule has 1 aliphatic rings. The predicted molar refractivity (Wildman–Crippen MR) is 91.3 cm³/mol. The van der Waals surface area contributed by atoms with Crippen LogP contribution < -0.4 is 0 Å². The molecule has 0 aliphatic carbocycles. The number of benzene rings is 1. The standard InChI is InChI=1S/C19H22FN3O/c20-18-7-2-1-6-17(18)19(24)23-11-4-10-22(13-14-23)12-8-16-5-3-9-21-15-16/h1-3,5-7,9,15H,4,8,10-14H2. The average molecular weight is 327 g/mol. The van der Waals surface area contributed by atoms with E-state index in [1.165, 1.54) is 11.6 Å². The van der Waals surface area contributed by atoms with Gasteiger partial charge in [0.15, 0.2) is 0 Å². The maximum atomic E-state index is 13.8. The number of carbonyl (C=O) groups is 1. The van der Waals surface area contributed by atoms with Crippen molar-refractivity contribution in [3.05, 3.63) is 65.7 Å². The summed E-state index contributed by atoms with van der Waals surface area (Å²) in [7, 11) is 0. The van der Waals surface area contributed by atoms with E-state index in [2.05, 4.69) is 16.0 Å². The maximum absolute atomic E-state index is 13.8. The molecule has 1 saturated heterocycles.